The first kappa shape index (κ1) is 20.0. The van der Waals surface area contributed by atoms with Crippen LogP contribution in [-0.4, -0.2) is 26.8 Å². The van der Waals surface area contributed by atoms with E-state index in [-0.39, 0.29) is 16.4 Å². The SMILES string of the molecule is CC(=O)Nc1ccc(C)cc1NC(=O)c1cccc(S(=O)(=O)NCC2CC2)c1. The van der Waals surface area contributed by atoms with Crippen molar-refractivity contribution in [3.8, 4) is 0 Å². The number of amides is 2. The molecule has 2 aromatic rings. The van der Waals surface area contributed by atoms with E-state index in [1.165, 1.54) is 25.1 Å². The Morgan fingerprint density at radius 2 is 1.79 bits per heavy atom. The van der Waals surface area contributed by atoms with Crippen LogP contribution in [-0.2, 0) is 14.8 Å². The first-order chi connectivity index (χ1) is 13.2. The zero-order chi connectivity index (χ0) is 20.3. The van der Waals surface area contributed by atoms with Gasteiger partial charge in [0.2, 0.25) is 15.9 Å². The van der Waals surface area contributed by atoms with E-state index < -0.39 is 15.9 Å². The van der Waals surface area contributed by atoms with Crippen LogP contribution in [0.2, 0.25) is 0 Å². The highest BCUT2D eigenvalue weighted by Crippen LogP contribution is 2.28. The Labute approximate surface area is 164 Å². The number of anilines is 2. The van der Waals surface area contributed by atoms with Gasteiger partial charge in [-0.1, -0.05) is 12.1 Å². The number of carbonyl (C=O) groups excluding carboxylic acids is 2. The number of carbonyl (C=O) groups is 2. The van der Waals surface area contributed by atoms with E-state index in [2.05, 4.69) is 15.4 Å². The van der Waals surface area contributed by atoms with E-state index in [0.29, 0.717) is 23.8 Å². The monoisotopic (exact) mass is 401 g/mol. The minimum absolute atomic E-state index is 0.0483. The molecule has 0 atom stereocenters. The van der Waals surface area contributed by atoms with Crippen LogP contribution in [0.25, 0.3) is 0 Å². The topological polar surface area (TPSA) is 104 Å². The van der Waals surface area contributed by atoms with E-state index in [0.717, 1.165) is 18.4 Å². The summed E-state index contributed by atoms with van der Waals surface area (Å²) >= 11 is 0. The molecule has 1 aliphatic rings. The largest absolute Gasteiger partial charge is 0.325 e. The number of hydrogen-bond acceptors (Lipinski definition) is 4. The molecule has 0 unspecified atom stereocenters. The van der Waals surface area contributed by atoms with Crippen molar-refractivity contribution in [1.82, 2.24) is 4.72 Å². The van der Waals surface area contributed by atoms with Gasteiger partial charge in [-0.05, 0) is 61.6 Å². The van der Waals surface area contributed by atoms with Gasteiger partial charge in [0.05, 0.1) is 16.3 Å². The van der Waals surface area contributed by atoms with Crippen molar-refractivity contribution in [2.75, 3.05) is 17.2 Å². The fraction of sp³-hybridized carbons (Fsp3) is 0.300. The summed E-state index contributed by atoms with van der Waals surface area (Å²) in [6.07, 6.45) is 2.08. The molecule has 0 radical (unpaired) electrons. The molecule has 7 nitrogen and oxygen atoms in total. The van der Waals surface area contributed by atoms with Crippen LogP contribution >= 0.6 is 0 Å². The van der Waals surface area contributed by atoms with Crippen molar-refractivity contribution in [3.63, 3.8) is 0 Å². The molecule has 28 heavy (non-hydrogen) atoms. The summed E-state index contributed by atoms with van der Waals surface area (Å²) in [4.78, 5) is 24.1. The lowest BCUT2D eigenvalue weighted by atomic mass is 10.1. The van der Waals surface area contributed by atoms with Crippen LogP contribution in [0.15, 0.2) is 47.4 Å². The fourth-order valence-electron chi connectivity index (χ4n) is 2.69. The quantitative estimate of drug-likeness (QED) is 0.663. The van der Waals surface area contributed by atoms with Gasteiger partial charge in [0.25, 0.3) is 5.91 Å². The third kappa shape index (κ3) is 5.17. The molecule has 2 aromatic carbocycles. The first-order valence-corrected chi connectivity index (χ1v) is 10.5. The van der Waals surface area contributed by atoms with Gasteiger partial charge in [-0.25, -0.2) is 13.1 Å². The van der Waals surface area contributed by atoms with Gasteiger partial charge < -0.3 is 10.6 Å². The van der Waals surface area contributed by atoms with Gasteiger partial charge in [-0.3, -0.25) is 9.59 Å². The predicted molar refractivity (Wildman–Crippen MR) is 108 cm³/mol. The molecule has 0 bridgehead atoms. The molecule has 0 aliphatic heterocycles. The molecule has 3 rings (SSSR count). The fourth-order valence-corrected chi connectivity index (χ4v) is 3.85. The molecule has 1 aliphatic carbocycles. The highest BCUT2D eigenvalue weighted by molar-refractivity contribution is 7.89. The van der Waals surface area contributed by atoms with E-state index in [9.17, 15) is 18.0 Å². The number of nitrogens with one attached hydrogen (secondary N) is 3. The molecule has 0 aromatic heterocycles. The van der Waals surface area contributed by atoms with Crippen molar-refractivity contribution in [1.29, 1.82) is 0 Å². The Morgan fingerprint density at radius 3 is 2.46 bits per heavy atom. The van der Waals surface area contributed by atoms with E-state index in [1.807, 2.05) is 13.0 Å². The van der Waals surface area contributed by atoms with Crippen molar-refractivity contribution < 1.29 is 18.0 Å². The molecular formula is C20H23N3O4S. The standard InChI is InChI=1S/C20H23N3O4S/c1-13-6-9-18(22-14(2)24)19(10-13)23-20(25)16-4-3-5-17(11-16)28(26,27)21-12-15-7-8-15/h3-6,9-11,15,21H,7-8,12H2,1-2H3,(H,22,24)(H,23,25). The first-order valence-electron chi connectivity index (χ1n) is 9.04. The molecule has 0 saturated heterocycles. The van der Waals surface area contributed by atoms with Gasteiger partial charge in [0.15, 0.2) is 0 Å². The average Bonchev–Trinajstić information content (AvgIpc) is 3.47. The van der Waals surface area contributed by atoms with Crippen LogP contribution < -0.4 is 15.4 Å². The molecule has 3 N–H and O–H groups in total. The summed E-state index contributed by atoms with van der Waals surface area (Å²) in [5.74, 6) is -0.305. The second kappa shape index (κ2) is 8.12. The molecule has 1 fully saturated rings. The summed E-state index contributed by atoms with van der Waals surface area (Å²) in [5.41, 5.74) is 2.04. The lowest BCUT2D eigenvalue weighted by Crippen LogP contribution is -2.26. The predicted octanol–water partition coefficient (Wildman–Crippen LogP) is 2.89. The minimum atomic E-state index is -3.66. The smallest absolute Gasteiger partial charge is 0.255 e. The Hall–Kier alpha value is -2.71. The molecule has 148 valence electrons. The van der Waals surface area contributed by atoms with Crippen LogP contribution in [0, 0.1) is 12.8 Å². The highest BCUT2D eigenvalue weighted by atomic mass is 32.2. The maximum atomic E-state index is 12.7. The van der Waals surface area contributed by atoms with Gasteiger partial charge in [0, 0.05) is 19.0 Å². The zero-order valence-corrected chi connectivity index (χ0v) is 16.6. The Bertz CT molecular complexity index is 1010. The van der Waals surface area contributed by atoms with Crippen LogP contribution in [0.3, 0.4) is 0 Å². The third-order valence-corrected chi connectivity index (χ3v) is 5.82. The van der Waals surface area contributed by atoms with Gasteiger partial charge in [0.1, 0.15) is 0 Å². The Balaban J connectivity index is 1.80. The lowest BCUT2D eigenvalue weighted by Gasteiger charge is -2.13. The number of benzene rings is 2. The third-order valence-electron chi connectivity index (χ3n) is 4.40. The van der Waals surface area contributed by atoms with E-state index in [1.54, 1.807) is 18.2 Å². The van der Waals surface area contributed by atoms with Gasteiger partial charge in [-0.2, -0.15) is 0 Å². The summed E-state index contributed by atoms with van der Waals surface area (Å²) in [7, 11) is -3.66. The van der Waals surface area contributed by atoms with Gasteiger partial charge in [-0.15, -0.1) is 0 Å². The minimum Gasteiger partial charge on any atom is -0.325 e. The Morgan fingerprint density at radius 1 is 1.04 bits per heavy atom. The second-order valence-corrected chi connectivity index (χ2v) is 8.77. The summed E-state index contributed by atoms with van der Waals surface area (Å²) in [5, 5.41) is 5.41. The summed E-state index contributed by atoms with van der Waals surface area (Å²) in [6.45, 7) is 3.67. The summed E-state index contributed by atoms with van der Waals surface area (Å²) < 4.78 is 27.4. The van der Waals surface area contributed by atoms with Crippen LogP contribution in [0.5, 0.6) is 0 Å². The molecule has 1 saturated carbocycles. The second-order valence-electron chi connectivity index (χ2n) is 7.01. The molecule has 8 heteroatoms. The number of rotatable bonds is 7. The van der Waals surface area contributed by atoms with Crippen molar-refractivity contribution >= 4 is 33.2 Å². The van der Waals surface area contributed by atoms with Crippen molar-refractivity contribution in [2.45, 2.75) is 31.6 Å². The van der Waals surface area contributed by atoms with E-state index in [4.69, 9.17) is 0 Å². The van der Waals surface area contributed by atoms with E-state index >= 15 is 0 Å². The van der Waals surface area contributed by atoms with Crippen molar-refractivity contribution in [2.24, 2.45) is 5.92 Å². The maximum absolute atomic E-state index is 12.7. The van der Waals surface area contributed by atoms with Gasteiger partial charge >= 0.3 is 0 Å². The normalized spacial score (nSPS) is 13.8. The molecule has 0 heterocycles. The highest BCUT2D eigenvalue weighted by Gasteiger charge is 2.24. The zero-order valence-electron chi connectivity index (χ0n) is 15.8. The number of sulfonamides is 1. The Kier molecular flexibility index (Phi) is 5.81. The molecule has 2 amide bonds. The average molecular weight is 401 g/mol. The molecule has 0 spiro atoms. The maximum Gasteiger partial charge on any atom is 0.255 e. The molecular weight excluding hydrogens is 378 g/mol. The van der Waals surface area contributed by atoms with Crippen LogP contribution in [0.1, 0.15) is 35.7 Å². The van der Waals surface area contributed by atoms with Crippen molar-refractivity contribution in [3.05, 3.63) is 53.6 Å². The number of hydrogen-bond donors (Lipinski definition) is 3. The van der Waals surface area contributed by atoms with Crippen LogP contribution in [0.4, 0.5) is 11.4 Å². The number of aryl methyl sites for hydroxylation is 1. The lowest BCUT2D eigenvalue weighted by molar-refractivity contribution is -0.114. The summed E-state index contributed by atoms with van der Waals surface area (Å²) in [6, 6.07) is 11.1.